The number of azide groups is 1. The van der Waals surface area contributed by atoms with E-state index in [0.29, 0.717) is 46.4 Å². The Morgan fingerprint density at radius 1 is 1.11 bits per heavy atom. The summed E-state index contributed by atoms with van der Waals surface area (Å²) >= 11 is 0. The van der Waals surface area contributed by atoms with Gasteiger partial charge < -0.3 is 9.47 Å². The highest BCUT2D eigenvalue weighted by atomic mass is 16.6. The Kier molecular flexibility index (Phi) is 9.53. The first-order valence-electron chi connectivity index (χ1n) is 18.0. The number of hydrogen-bond donors (Lipinski definition) is 1. The third-order valence-corrected chi connectivity index (χ3v) is 14.1. The molecule has 11 heteroatoms. The van der Waals surface area contributed by atoms with Crippen molar-refractivity contribution in [2.24, 2.45) is 57.4 Å². The molecule has 258 valence electrons. The molecular weight excluding hydrogens is 598 g/mol. The third-order valence-electron chi connectivity index (χ3n) is 14.1. The van der Waals surface area contributed by atoms with Gasteiger partial charge in [-0.3, -0.25) is 23.9 Å². The van der Waals surface area contributed by atoms with Gasteiger partial charge in [-0.2, -0.15) is 0 Å². The molecule has 0 spiro atoms. The van der Waals surface area contributed by atoms with Crippen LogP contribution in [0.25, 0.3) is 10.4 Å². The number of fused-ring (bicyclic) bond motifs is 5. The number of esters is 1. The van der Waals surface area contributed by atoms with E-state index in [0.717, 1.165) is 37.0 Å². The molecule has 1 aromatic heterocycles. The fraction of sp³-hybridized carbons (Fsp3) is 0.833. The van der Waals surface area contributed by atoms with Crippen molar-refractivity contribution in [1.82, 2.24) is 9.55 Å². The lowest BCUT2D eigenvalue weighted by Gasteiger charge is -2.61. The molecule has 47 heavy (non-hydrogen) atoms. The number of rotatable bonds is 9. The minimum absolute atomic E-state index is 0.0658. The van der Waals surface area contributed by atoms with Gasteiger partial charge in [-0.25, -0.2) is 4.79 Å². The molecule has 2 heterocycles. The minimum atomic E-state index is -0.739. The van der Waals surface area contributed by atoms with Crippen LogP contribution >= 0.6 is 0 Å². The van der Waals surface area contributed by atoms with Crippen LogP contribution in [0.5, 0.6) is 0 Å². The maximum Gasteiger partial charge on any atom is 0.330 e. The van der Waals surface area contributed by atoms with Gasteiger partial charge >= 0.3 is 11.7 Å². The number of carbonyl (C=O) groups is 2. The van der Waals surface area contributed by atoms with Gasteiger partial charge in [-0.15, -0.1) is 0 Å². The van der Waals surface area contributed by atoms with Gasteiger partial charge in [0.15, 0.2) is 0 Å². The van der Waals surface area contributed by atoms with E-state index in [2.05, 4.69) is 35.8 Å². The number of nitrogens with one attached hydrogen (secondary N) is 1. The summed E-state index contributed by atoms with van der Waals surface area (Å²) in [6.45, 7) is 10.7. The van der Waals surface area contributed by atoms with E-state index < -0.39 is 29.6 Å². The van der Waals surface area contributed by atoms with E-state index in [1.807, 2.05) is 0 Å². The second kappa shape index (κ2) is 13.2. The zero-order valence-electron chi connectivity index (χ0n) is 28.8. The second-order valence-corrected chi connectivity index (χ2v) is 16.3. The van der Waals surface area contributed by atoms with Crippen LogP contribution in [0.1, 0.15) is 117 Å². The van der Waals surface area contributed by atoms with E-state index in [9.17, 15) is 19.2 Å². The number of hydrogen-bond acceptors (Lipinski definition) is 7. The zero-order valence-corrected chi connectivity index (χ0v) is 28.8. The molecular formula is C36H53N5O6. The highest BCUT2D eigenvalue weighted by molar-refractivity contribution is 5.78. The van der Waals surface area contributed by atoms with Crippen molar-refractivity contribution in [3.63, 3.8) is 0 Å². The average Bonchev–Trinajstić information content (AvgIpc) is 3.60. The summed E-state index contributed by atoms with van der Waals surface area (Å²) in [4.78, 5) is 54.5. The lowest BCUT2D eigenvalue weighted by Crippen LogP contribution is -2.54. The van der Waals surface area contributed by atoms with Gasteiger partial charge in [0.1, 0.15) is 24.7 Å². The van der Waals surface area contributed by atoms with Crippen molar-refractivity contribution >= 4 is 11.8 Å². The normalized spacial score (nSPS) is 40.0. The van der Waals surface area contributed by atoms with Gasteiger partial charge in [-0.05, 0) is 130 Å². The van der Waals surface area contributed by atoms with Crippen LogP contribution in [0.15, 0.2) is 20.9 Å². The lowest BCUT2D eigenvalue weighted by atomic mass is 9.44. The molecule has 4 aliphatic carbocycles. The fourth-order valence-corrected chi connectivity index (χ4v) is 11.4. The maximum atomic E-state index is 13.0. The number of carbonyl (C=O) groups excluding carboxylic acids is 2. The first-order valence-corrected chi connectivity index (χ1v) is 18.0. The van der Waals surface area contributed by atoms with Gasteiger partial charge in [0.2, 0.25) is 0 Å². The van der Waals surface area contributed by atoms with E-state index in [4.69, 9.17) is 15.0 Å². The smallest absolute Gasteiger partial charge is 0.330 e. The SMILES string of the molecule is CC(=O)[C@@H]1CC[C@@]2(C)[C@H](CC[C@@H]3[C@@H]2CC[C@]2(C)[C@@H]([C@H](C)CCC(=O)OCC4OC(n5cc(C)c(=O)[nH]c5=O)CC4N=[N+]=[N-])CC[C@@H]32)C1. The summed E-state index contributed by atoms with van der Waals surface area (Å²) in [6, 6.07) is -0.608. The monoisotopic (exact) mass is 651 g/mol. The maximum absolute atomic E-state index is 13.0. The van der Waals surface area contributed by atoms with Crippen molar-refractivity contribution in [2.45, 2.75) is 130 Å². The molecule has 0 radical (unpaired) electrons. The molecule has 11 nitrogen and oxygen atoms in total. The van der Waals surface area contributed by atoms with Crippen LogP contribution in [-0.2, 0) is 19.1 Å². The molecule has 1 aliphatic heterocycles. The first kappa shape index (κ1) is 34.0. The number of ether oxygens (including phenoxy) is 2. The Labute approximate surface area is 277 Å². The van der Waals surface area contributed by atoms with Crippen LogP contribution in [0, 0.1) is 59.2 Å². The topological polar surface area (TPSA) is 156 Å². The van der Waals surface area contributed by atoms with Gasteiger partial charge in [0.25, 0.3) is 5.56 Å². The van der Waals surface area contributed by atoms with Crippen molar-refractivity contribution in [1.29, 1.82) is 0 Å². The number of aromatic nitrogens is 2. The Hall–Kier alpha value is -2.91. The number of aryl methyl sites for hydroxylation is 1. The highest BCUT2D eigenvalue weighted by Gasteiger charge is 2.60. The molecule has 0 amide bonds. The summed E-state index contributed by atoms with van der Waals surface area (Å²) in [5, 5.41) is 3.83. The molecule has 1 N–H and O–H groups in total. The van der Waals surface area contributed by atoms with Crippen molar-refractivity contribution in [3.05, 3.63) is 43.0 Å². The molecule has 1 aromatic rings. The van der Waals surface area contributed by atoms with Crippen LogP contribution in [-0.4, -0.2) is 40.1 Å². The van der Waals surface area contributed by atoms with Gasteiger partial charge in [-0.1, -0.05) is 25.9 Å². The summed E-state index contributed by atoms with van der Waals surface area (Å²) in [7, 11) is 0. The van der Waals surface area contributed by atoms with Crippen molar-refractivity contribution < 1.29 is 19.1 Å². The summed E-state index contributed by atoms with van der Waals surface area (Å²) < 4.78 is 12.9. The molecule has 0 bridgehead atoms. The Morgan fingerprint density at radius 3 is 2.60 bits per heavy atom. The molecule has 5 aliphatic rings. The average molecular weight is 652 g/mol. The number of H-pyrrole nitrogens is 1. The molecule has 6 rings (SSSR count). The molecule has 4 saturated carbocycles. The van der Waals surface area contributed by atoms with Gasteiger partial charge in [0.05, 0.1) is 6.04 Å². The standard InChI is InChI=1S/C36H53N5O6/c1-20(6-11-32(43)46-19-30-29(39-40-37)17-31(47-30)41-18-21(2)33(44)38-34(41)45)26-9-10-27-25-8-7-24-16-23(22(3)42)12-14-35(24,4)28(25)13-15-36(26,27)5/h18,20,23-31H,6-17,19H2,1-5H3,(H,38,44,45)/t20-,23-,24-,25+,26-,27+,28+,29?,30?,31?,35+,36-/m1/s1. The molecule has 12 atom stereocenters. The van der Waals surface area contributed by atoms with Crippen LogP contribution in [0.2, 0.25) is 0 Å². The highest BCUT2D eigenvalue weighted by Crippen LogP contribution is 2.68. The molecule has 5 fully saturated rings. The van der Waals surface area contributed by atoms with Crippen LogP contribution in [0.4, 0.5) is 0 Å². The Balaban J connectivity index is 1.02. The number of nitrogens with zero attached hydrogens (tertiary/aromatic N) is 4. The van der Waals surface area contributed by atoms with E-state index in [-0.39, 0.29) is 24.9 Å². The van der Waals surface area contributed by atoms with Crippen LogP contribution < -0.4 is 11.2 Å². The molecule has 3 unspecified atom stereocenters. The number of ketones is 1. The Bertz CT molecular complexity index is 1530. The second-order valence-electron chi connectivity index (χ2n) is 16.3. The summed E-state index contributed by atoms with van der Waals surface area (Å²) in [6.07, 6.45) is 12.3. The van der Waals surface area contributed by atoms with E-state index >= 15 is 0 Å². The van der Waals surface area contributed by atoms with Crippen molar-refractivity contribution in [3.8, 4) is 0 Å². The predicted molar refractivity (Wildman–Crippen MR) is 176 cm³/mol. The van der Waals surface area contributed by atoms with Crippen LogP contribution in [0.3, 0.4) is 0 Å². The minimum Gasteiger partial charge on any atom is -0.463 e. The number of aromatic amines is 1. The molecule has 0 aromatic carbocycles. The first-order chi connectivity index (χ1) is 22.4. The quantitative estimate of drug-likeness (QED) is 0.137. The fourth-order valence-electron chi connectivity index (χ4n) is 11.4. The largest absolute Gasteiger partial charge is 0.463 e. The summed E-state index contributed by atoms with van der Waals surface area (Å²) in [5.74, 6) is 4.35. The molecule has 1 saturated heterocycles. The number of Topliss-reactive ketones (excluding diaryl/α,β-unsaturated/α-hetero) is 1. The lowest BCUT2D eigenvalue weighted by molar-refractivity contribution is -0.149. The van der Waals surface area contributed by atoms with E-state index in [1.165, 1.54) is 55.7 Å². The van der Waals surface area contributed by atoms with Crippen molar-refractivity contribution in [2.75, 3.05) is 6.61 Å². The zero-order chi connectivity index (χ0) is 33.7. The Morgan fingerprint density at radius 2 is 1.85 bits per heavy atom. The van der Waals surface area contributed by atoms with E-state index in [1.54, 1.807) is 13.8 Å². The van der Waals surface area contributed by atoms with Gasteiger partial charge in [0, 0.05) is 35.4 Å². The third kappa shape index (κ3) is 6.23. The predicted octanol–water partition coefficient (Wildman–Crippen LogP) is 6.64. The summed E-state index contributed by atoms with van der Waals surface area (Å²) in [5.41, 5.74) is 9.06.